The Morgan fingerprint density at radius 1 is 1.29 bits per heavy atom. The van der Waals surface area contributed by atoms with E-state index < -0.39 is 18.0 Å². The van der Waals surface area contributed by atoms with Crippen LogP contribution in [0.15, 0.2) is 28.7 Å². The molecule has 92 valence electrons. The maximum absolute atomic E-state index is 11.5. The average Bonchev–Trinajstić information content (AvgIpc) is 2.31. The fourth-order valence-electron chi connectivity index (χ4n) is 1.05. The molecule has 0 aliphatic rings. The van der Waals surface area contributed by atoms with Crippen LogP contribution < -0.4 is 15.4 Å². The summed E-state index contributed by atoms with van der Waals surface area (Å²) in [6.45, 7) is 1.57. The van der Waals surface area contributed by atoms with E-state index in [1.54, 1.807) is 31.2 Å². The van der Waals surface area contributed by atoms with E-state index in [9.17, 15) is 9.59 Å². The maximum atomic E-state index is 11.5. The largest absolute Gasteiger partial charge is 0.481 e. The second-order valence-electron chi connectivity index (χ2n) is 3.28. The third-order valence-electron chi connectivity index (χ3n) is 1.96. The summed E-state index contributed by atoms with van der Waals surface area (Å²) in [7, 11) is 1.43. The predicted octanol–water partition coefficient (Wildman–Crippen LogP) is 1.67. The van der Waals surface area contributed by atoms with E-state index in [2.05, 4.69) is 26.6 Å². The number of ether oxygens (including phenoxy) is 1. The van der Waals surface area contributed by atoms with Crippen LogP contribution in [0, 0.1) is 0 Å². The number of carbonyl (C=O) groups excluding carboxylic acids is 2. The number of hydrogen-bond acceptors (Lipinski definition) is 3. The standard InChI is InChI=1S/C11H13BrN2O3/c1-7(10(15)14-11(16)13-2)17-9-5-3-8(12)4-6-9/h3-7H,1-2H3,(H2,13,14,15,16)/t7-/m0/s1. The molecule has 0 aromatic heterocycles. The van der Waals surface area contributed by atoms with Gasteiger partial charge in [0, 0.05) is 11.5 Å². The highest BCUT2D eigenvalue weighted by molar-refractivity contribution is 9.10. The normalized spacial score (nSPS) is 11.5. The number of nitrogens with one attached hydrogen (secondary N) is 2. The Balaban J connectivity index is 2.54. The molecule has 0 heterocycles. The van der Waals surface area contributed by atoms with Crippen molar-refractivity contribution in [1.82, 2.24) is 10.6 Å². The van der Waals surface area contributed by atoms with E-state index in [0.29, 0.717) is 5.75 Å². The van der Waals surface area contributed by atoms with Crippen LogP contribution in [0.3, 0.4) is 0 Å². The van der Waals surface area contributed by atoms with Crippen LogP contribution in [0.1, 0.15) is 6.92 Å². The predicted molar refractivity (Wildman–Crippen MR) is 66.8 cm³/mol. The summed E-state index contributed by atoms with van der Waals surface area (Å²) >= 11 is 3.29. The first kappa shape index (κ1) is 13.5. The monoisotopic (exact) mass is 300 g/mol. The minimum absolute atomic E-state index is 0.493. The molecule has 5 nitrogen and oxygen atoms in total. The fraction of sp³-hybridized carbons (Fsp3) is 0.273. The van der Waals surface area contributed by atoms with E-state index >= 15 is 0 Å². The number of benzene rings is 1. The molecule has 17 heavy (non-hydrogen) atoms. The maximum Gasteiger partial charge on any atom is 0.321 e. The summed E-state index contributed by atoms with van der Waals surface area (Å²) in [5, 5.41) is 4.43. The number of imide groups is 1. The topological polar surface area (TPSA) is 67.4 Å². The van der Waals surface area contributed by atoms with Gasteiger partial charge in [-0.25, -0.2) is 4.79 Å². The van der Waals surface area contributed by atoms with Crippen molar-refractivity contribution in [2.24, 2.45) is 0 Å². The lowest BCUT2D eigenvalue weighted by atomic mass is 10.3. The highest BCUT2D eigenvalue weighted by Crippen LogP contribution is 2.17. The quantitative estimate of drug-likeness (QED) is 0.892. The smallest absolute Gasteiger partial charge is 0.321 e. The lowest BCUT2D eigenvalue weighted by Crippen LogP contribution is -2.43. The Morgan fingerprint density at radius 3 is 2.41 bits per heavy atom. The van der Waals surface area contributed by atoms with Crippen LogP contribution in [-0.4, -0.2) is 25.1 Å². The molecule has 0 saturated carbocycles. The number of halogens is 1. The number of rotatable bonds is 3. The van der Waals surface area contributed by atoms with Gasteiger partial charge in [0.2, 0.25) is 0 Å². The number of hydrogen-bond donors (Lipinski definition) is 2. The molecule has 0 spiro atoms. The summed E-state index contributed by atoms with van der Waals surface area (Å²) in [5.74, 6) is 0.0695. The highest BCUT2D eigenvalue weighted by Gasteiger charge is 2.16. The van der Waals surface area contributed by atoms with Gasteiger partial charge in [-0.2, -0.15) is 0 Å². The van der Waals surface area contributed by atoms with Gasteiger partial charge in [0.15, 0.2) is 6.10 Å². The third kappa shape index (κ3) is 4.44. The van der Waals surface area contributed by atoms with Crippen molar-refractivity contribution in [3.05, 3.63) is 28.7 Å². The zero-order chi connectivity index (χ0) is 12.8. The lowest BCUT2D eigenvalue weighted by molar-refractivity contribution is -0.126. The van der Waals surface area contributed by atoms with E-state index in [0.717, 1.165) is 4.47 Å². The molecule has 1 aromatic rings. The van der Waals surface area contributed by atoms with Gasteiger partial charge >= 0.3 is 6.03 Å². The Hall–Kier alpha value is -1.56. The summed E-state index contributed by atoms with van der Waals surface area (Å²) in [6, 6.07) is 6.51. The fourth-order valence-corrected chi connectivity index (χ4v) is 1.31. The molecule has 0 bridgehead atoms. The molecule has 1 aromatic carbocycles. The highest BCUT2D eigenvalue weighted by atomic mass is 79.9. The van der Waals surface area contributed by atoms with Gasteiger partial charge in [0.25, 0.3) is 5.91 Å². The Morgan fingerprint density at radius 2 is 1.88 bits per heavy atom. The van der Waals surface area contributed by atoms with E-state index in [-0.39, 0.29) is 0 Å². The van der Waals surface area contributed by atoms with Crippen molar-refractivity contribution in [2.75, 3.05) is 7.05 Å². The Kier molecular flexibility index (Phi) is 4.96. The first-order valence-corrected chi connectivity index (χ1v) is 5.77. The zero-order valence-electron chi connectivity index (χ0n) is 9.49. The molecule has 1 rings (SSSR count). The minimum atomic E-state index is -0.742. The molecule has 0 fully saturated rings. The second kappa shape index (κ2) is 6.24. The molecular weight excluding hydrogens is 288 g/mol. The second-order valence-corrected chi connectivity index (χ2v) is 4.20. The first-order valence-electron chi connectivity index (χ1n) is 4.97. The molecule has 3 amide bonds. The lowest BCUT2D eigenvalue weighted by Gasteiger charge is -2.13. The van der Waals surface area contributed by atoms with Gasteiger partial charge in [-0.3, -0.25) is 10.1 Å². The molecule has 0 aliphatic carbocycles. The summed E-state index contributed by atoms with van der Waals surface area (Å²) in [5.41, 5.74) is 0. The van der Waals surface area contributed by atoms with E-state index in [1.165, 1.54) is 7.05 Å². The van der Waals surface area contributed by atoms with Crippen molar-refractivity contribution < 1.29 is 14.3 Å². The molecule has 2 N–H and O–H groups in total. The summed E-state index contributed by atoms with van der Waals surface area (Å²) < 4.78 is 6.29. The summed E-state index contributed by atoms with van der Waals surface area (Å²) in [4.78, 5) is 22.4. The number of urea groups is 1. The van der Waals surface area contributed by atoms with Gasteiger partial charge in [0.05, 0.1) is 0 Å². The molecule has 0 radical (unpaired) electrons. The van der Waals surface area contributed by atoms with Crippen LogP contribution in [0.5, 0.6) is 5.75 Å². The molecule has 0 unspecified atom stereocenters. The van der Waals surface area contributed by atoms with Crippen molar-refractivity contribution in [1.29, 1.82) is 0 Å². The molecular formula is C11H13BrN2O3. The zero-order valence-corrected chi connectivity index (χ0v) is 11.1. The minimum Gasteiger partial charge on any atom is -0.481 e. The molecule has 0 saturated heterocycles. The van der Waals surface area contributed by atoms with Crippen molar-refractivity contribution >= 4 is 27.9 Å². The van der Waals surface area contributed by atoms with E-state index in [4.69, 9.17) is 4.74 Å². The van der Waals surface area contributed by atoms with Crippen molar-refractivity contribution in [3.63, 3.8) is 0 Å². The molecule has 0 aliphatic heterocycles. The Labute approximate surface area is 108 Å². The third-order valence-corrected chi connectivity index (χ3v) is 2.49. The van der Waals surface area contributed by atoms with Crippen LogP contribution in [0.2, 0.25) is 0 Å². The van der Waals surface area contributed by atoms with E-state index in [1.807, 2.05) is 0 Å². The van der Waals surface area contributed by atoms with Crippen molar-refractivity contribution in [2.45, 2.75) is 13.0 Å². The molecule has 6 heteroatoms. The van der Waals surface area contributed by atoms with Gasteiger partial charge in [-0.1, -0.05) is 15.9 Å². The van der Waals surface area contributed by atoms with Crippen LogP contribution >= 0.6 is 15.9 Å². The summed E-state index contributed by atoms with van der Waals surface area (Å²) in [6.07, 6.45) is -0.742. The van der Waals surface area contributed by atoms with Gasteiger partial charge in [-0.05, 0) is 31.2 Å². The molecule has 1 atom stereocenters. The van der Waals surface area contributed by atoms with Gasteiger partial charge < -0.3 is 10.1 Å². The van der Waals surface area contributed by atoms with Crippen LogP contribution in [0.25, 0.3) is 0 Å². The number of amides is 3. The van der Waals surface area contributed by atoms with Crippen molar-refractivity contribution in [3.8, 4) is 5.75 Å². The SMILES string of the molecule is CNC(=O)NC(=O)[C@H](C)Oc1ccc(Br)cc1. The van der Waals surface area contributed by atoms with Crippen LogP contribution in [0.4, 0.5) is 4.79 Å². The van der Waals surface area contributed by atoms with Gasteiger partial charge in [0.1, 0.15) is 5.75 Å². The first-order chi connectivity index (χ1) is 8.02. The average molecular weight is 301 g/mol. The van der Waals surface area contributed by atoms with Gasteiger partial charge in [-0.15, -0.1) is 0 Å². The Bertz CT molecular complexity index is 406. The van der Waals surface area contributed by atoms with Crippen LogP contribution in [-0.2, 0) is 4.79 Å². The number of carbonyl (C=O) groups is 2.